The number of carbonyl (C=O) groups excluding carboxylic acids is 2. The lowest BCUT2D eigenvalue weighted by Gasteiger charge is -1.87. The molecule has 0 N–H and O–H groups in total. The van der Waals surface area contributed by atoms with Crippen LogP contribution in [-0.4, -0.2) is 26.7 Å². The van der Waals surface area contributed by atoms with Crippen LogP contribution in [0, 0.1) is 0 Å². The highest BCUT2D eigenvalue weighted by molar-refractivity contribution is 6.22. The van der Waals surface area contributed by atoms with E-state index in [1.807, 2.05) is 0 Å². The minimum absolute atomic E-state index is 0.0898. The smallest absolute Gasteiger partial charge is 0.330 e. The summed E-state index contributed by atoms with van der Waals surface area (Å²) in [5.41, 5.74) is 0. The lowest BCUT2D eigenvalue weighted by Crippen LogP contribution is -1.97. The fraction of sp³-hybridized carbons (Fsp3) is 0.333. The van der Waals surface area contributed by atoms with Crippen LogP contribution in [0.3, 0.4) is 0 Å². The van der Waals surface area contributed by atoms with Crippen molar-refractivity contribution in [2.45, 2.75) is 6.32 Å². The summed E-state index contributed by atoms with van der Waals surface area (Å²) in [4.78, 5) is 20.7. The zero-order chi connectivity index (χ0) is 7.98. The molecule has 0 aromatic rings. The van der Waals surface area contributed by atoms with Gasteiger partial charge in [0.25, 0.3) is 0 Å². The van der Waals surface area contributed by atoms with E-state index in [4.69, 9.17) is 7.85 Å². The van der Waals surface area contributed by atoms with Gasteiger partial charge in [-0.2, -0.15) is 0 Å². The van der Waals surface area contributed by atoms with Gasteiger partial charge in [0, 0.05) is 6.08 Å². The summed E-state index contributed by atoms with van der Waals surface area (Å²) in [6.45, 7) is 0. The van der Waals surface area contributed by atoms with E-state index in [-0.39, 0.29) is 12.1 Å². The van der Waals surface area contributed by atoms with E-state index in [0.29, 0.717) is 0 Å². The predicted octanol–water partition coefficient (Wildman–Crippen LogP) is -0.129. The topological polar surface area (TPSA) is 43.4 Å². The molecule has 0 bridgehead atoms. The third-order valence-corrected chi connectivity index (χ3v) is 0.808. The molecule has 0 atom stereocenters. The second kappa shape index (κ2) is 4.79. The molecule has 0 spiro atoms. The molecular formula is C6H7BO3. The fourth-order valence-electron chi connectivity index (χ4n) is 0.297. The Bertz CT molecular complexity index is 144. The van der Waals surface area contributed by atoms with Crippen LogP contribution in [0.2, 0.25) is 6.32 Å². The third-order valence-electron chi connectivity index (χ3n) is 0.808. The Morgan fingerprint density at radius 3 is 2.50 bits per heavy atom. The van der Waals surface area contributed by atoms with Crippen molar-refractivity contribution in [3.05, 3.63) is 12.2 Å². The zero-order valence-corrected chi connectivity index (χ0v) is 5.66. The number of hydrogen-bond acceptors (Lipinski definition) is 3. The van der Waals surface area contributed by atoms with Crippen LogP contribution >= 0.6 is 0 Å². The average Bonchev–Trinajstić information content (AvgIpc) is 1.99. The van der Waals surface area contributed by atoms with Gasteiger partial charge in [-0.05, 0) is 12.4 Å². The largest absolute Gasteiger partial charge is 0.466 e. The van der Waals surface area contributed by atoms with E-state index in [9.17, 15) is 9.59 Å². The van der Waals surface area contributed by atoms with Crippen molar-refractivity contribution in [1.82, 2.24) is 0 Å². The van der Waals surface area contributed by atoms with E-state index in [1.54, 1.807) is 0 Å². The second-order valence-corrected chi connectivity index (χ2v) is 1.53. The van der Waals surface area contributed by atoms with Crippen molar-refractivity contribution >= 4 is 19.6 Å². The van der Waals surface area contributed by atoms with Gasteiger partial charge in [-0.25, -0.2) is 4.79 Å². The molecule has 10 heavy (non-hydrogen) atoms. The van der Waals surface area contributed by atoms with Crippen molar-refractivity contribution in [2.24, 2.45) is 0 Å². The average molecular weight is 138 g/mol. The molecule has 52 valence electrons. The standard InChI is InChI=1S/C6H7BO3/c1-10-6(9)3-2-5(8)4-7/h2-3H,4H2,1H3/b3-2-. The fourth-order valence-corrected chi connectivity index (χ4v) is 0.297. The molecule has 0 unspecified atom stereocenters. The first kappa shape index (κ1) is 8.94. The summed E-state index contributed by atoms with van der Waals surface area (Å²) in [6, 6.07) is 0. The second-order valence-electron chi connectivity index (χ2n) is 1.53. The molecule has 0 amide bonds. The SMILES string of the molecule is [B]CC(=O)/C=C\C(=O)OC. The van der Waals surface area contributed by atoms with Crippen molar-refractivity contribution in [1.29, 1.82) is 0 Å². The summed E-state index contributed by atoms with van der Waals surface area (Å²) < 4.78 is 4.23. The maximum Gasteiger partial charge on any atom is 0.330 e. The molecule has 4 heteroatoms. The minimum Gasteiger partial charge on any atom is -0.466 e. The van der Waals surface area contributed by atoms with E-state index in [1.165, 1.54) is 7.11 Å². The van der Waals surface area contributed by atoms with Crippen LogP contribution < -0.4 is 0 Å². The maximum absolute atomic E-state index is 10.4. The summed E-state index contributed by atoms with van der Waals surface area (Å²) in [5, 5.41) is 0. The molecule has 0 aromatic heterocycles. The monoisotopic (exact) mass is 138 g/mol. The maximum atomic E-state index is 10.4. The first-order chi connectivity index (χ1) is 4.70. The van der Waals surface area contributed by atoms with Crippen LogP contribution in [0.1, 0.15) is 0 Å². The molecule has 0 fully saturated rings. The number of rotatable bonds is 3. The van der Waals surface area contributed by atoms with Crippen LogP contribution in [-0.2, 0) is 14.3 Å². The Hall–Kier alpha value is -1.06. The van der Waals surface area contributed by atoms with Gasteiger partial charge in [0.05, 0.1) is 15.0 Å². The number of esters is 1. The molecule has 2 radical (unpaired) electrons. The van der Waals surface area contributed by atoms with Crippen LogP contribution in [0.15, 0.2) is 12.2 Å². The molecule has 0 aliphatic rings. The van der Waals surface area contributed by atoms with Crippen molar-refractivity contribution in [3.63, 3.8) is 0 Å². The zero-order valence-electron chi connectivity index (χ0n) is 5.66. The van der Waals surface area contributed by atoms with Crippen molar-refractivity contribution in [3.8, 4) is 0 Å². The van der Waals surface area contributed by atoms with E-state index in [2.05, 4.69) is 4.74 Å². The van der Waals surface area contributed by atoms with E-state index in [0.717, 1.165) is 12.2 Å². The first-order valence-electron chi connectivity index (χ1n) is 2.69. The van der Waals surface area contributed by atoms with Gasteiger partial charge in [-0.15, -0.1) is 0 Å². The molecule has 0 aliphatic carbocycles. The summed E-state index contributed by atoms with van der Waals surface area (Å²) >= 11 is 0. The summed E-state index contributed by atoms with van der Waals surface area (Å²) in [5.74, 6) is -0.854. The van der Waals surface area contributed by atoms with Gasteiger partial charge in [-0.1, -0.05) is 0 Å². The minimum atomic E-state index is -0.554. The lowest BCUT2D eigenvalue weighted by molar-refractivity contribution is -0.135. The van der Waals surface area contributed by atoms with Gasteiger partial charge in [0.2, 0.25) is 0 Å². The Labute approximate surface area is 60.5 Å². The quantitative estimate of drug-likeness (QED) is 0.310. The highest BCUT2D eigenvalue weighted by Gasteiger charge is 1.93. The first-order valence-corrected chi connectivity index (χ1v) is 2.69. The summed E-state index contributed by atoms with van der Waals surface area (Å²) in [7, 11) is 6.18. The van der Waals surface area contributed by atoms with Crippen LogP contribution in [0.4, 0.5) is 0 Å². The molecule has 0 aliphatic heterocycles. The predicted molar refractivity (Wildman–Crippen MR) is 36.7 cm³/mol. The van der Waals surface area contributed by atoms with Crippen molar-refractivity contribution < 1.29 is 14.3 Å². The van der Waals surface area contributed by atoms with Gasteiger partial charge < -0.3 is 4.74 Å². The molecule has 0 heterocycles. The number of ether oxygens (including phenoxy) is 1. The Balaban J connectivity index is 3.75. The Morgan fingerprint density at radius 1 is 1.50 bits per heavy atom. The van der Waals surface area contributed by atoms with Gasteiger partial charge in [0.1, 0.15) is 5.78 Å². The van der Waals surface area contributed by atoms with Crippen molar-refractivity contribution in [2.75, 3.05) is 7.11 Å². The number of hydrogen-bond donors (Lipinski definition) is 0. The van der Waals surface area contributed by atoms with Gasteiger partial charge >= 0.3 is 5.97 Å². The number of carbonyl (C=O) groups is 2. The third kappa shape index (κ3) is 3.89. The number of methoxy groups -OCH3 is 1. The molecule has 0 saturated heterocycles. The van der Waals surface area contributed by atoms with Gasteiger partial charge in [-0.3, -0.25) is 4.79 Å². The molecular weight excluding hydrogens is 131 g/mol. The van der Waals surface area contributed by atoms with Crippen LogP contribution in [0.5, 0.6) is 0 Å². The van der Waals surface area contributed by atoms with Gasteiger partial charge in [0.15, 0.2) is 0 Å². The normalized spacial score (nSPS) is 9.70. The number of allylic oxidation sites excluding steroid dienone is 1. The summed E-state index contributed by atoms with van der Waals surface area (Å²) in [6.07, 6.45) is 2.04. The highest BCUT2D eigenvalue weighted by atomic mass is 16.5. The molecule has 3 nitrogen and oxygen atoms in total. The Morgan fingerprint density at radius 2 is 2.10 bits per heavy atom. The van der Waals surface area contributed by atoms with Crippen LogP contribution in [0.25, 0.3) is 0 Å². The number of ketones is 1. The highest BCUT2D eigenvalue weighted by Crippen LogP contribution is 1.83. The molecule has 0 saturated carbocycles. The van der Waals surface area contributed by atoms with E-state index < -0.39 is 5.97 Å². The Kier molecular flexibility index (Phi) is 4.28. The lowest BCUT2D eigenvalue weighted by atomic mass is 10.0. The van der Waals surface area contributed by atoms with E-state index >= 15 is 0 Å². The molecule has 0 rings (SSSR count). The molecule has 0 aromatic carbocycles.